The van der Waals surface area contributed by atoms with Crippen molar-refractivity contribution in [2.45, 2.75) is 83.5 Å². The van der Waals surface area contributed by atoms with Crippen LogP contribution in [0.15, 0.2) is 11.6 Å². The highest BCUT2D eigenvalue weighted by molar-refractivity contribution is 5.94. The van der Waals surface area contributed by atoms with Crippen molar-refractivity contribution in [3.8, 4) is 0 Å². The number of aliphatic hydroxyl groups is 1. The van der Waals surface area contributed by atoms with Crippen molar-refractivity contribution >= 4 is 17.5 Å². The van der Waals surface area contributed by atoms with Crippen LogP contribution in [0.1, 0.15) is 66.2 Å². The van der Waals surface area contributed by atoms with Gasteiger partial charge in [-0.05, 0) is 56.4 Å². The SMILES string of the molecule is CC(=O)OCC(=O)[C@@]1(O)CCC2C3CCC4=CC(=O)[C@H](C)CC4(C)C34OC4CC21C. The van der Waals surface area contributed by atoms with Crippen LogP contribution < -0.4 is 0 Å². The maximum absolute atomic E-state index is 13.0. The van der Waals surface area contributed by atoms with Gasteiger partial charge < -0.3 is 14.6 Å². The number of ether oxygens (including phenoxy) is 2. The van der Waals surface area contributed by atoms with Crippen molar-refractivity contribution in [1.82, 2.24) is 0 Å². The van der Waals surface area contributed by atoms with Gasteiger partial charge in [-0.3, -0.25) is 14.4 Å². The molecular weight excluding hydrogens is 384 g/mol. The molecule has 4 fully saturated rings. The Morgan fingerprint density at radius 3 is 2.67 bits per heavy atom. The molecular formula is C24H32O6. The van der Waals surface area contributed by atoms with E-state index in [-0.39, 0.29) is 47.3 Å². The quantitative estimate of drug-likeness (QED) is 0.562. The Morgan fingerprint density at radius 1 is 1.23 bits per heavy atom. The van der Waals surface area contributed by atoms with Gasteiger partial charge in [-0.15, -0.1) is 0 Å². The third-order valence-electron chi connectivity index (χ3n) is 9.66. The maximum atomic E-state index is 13.0. The fourth-order valence-electron chi connectivity index (χ4n) is 8.09. The minimum Gasteiger partial charge on any atom is -0.458 e. The zero-order valence-electron chi connectivity index (χ0n) is 18.3. The lowest BCUT2D eigenvalue weighted by atomic mass is 9.45. The summed E-state index contributed by atoms with van der Waals surface area (Å²) in [6, 6.07) is 0. The van der Waals surface area contributed by atoms with Crippen LogP contribution >= 0.6 is 0 Å². The summed E-state index contributed by atoms with van der Waals surface area (Å²) in [6.45, 7) is 7.20. The average molecular weight is 417 g/mol. The summed E-state index contributed by atoms with van der Waals surface area (Å²) in [7, 11) is 0. The van der Waals surface area contributed by atoms with Crippen molar-refractivity contribution in [1.29, 1.82) is 0 Å². The van der Waals surface area contributed by atoms with E-state index in [0.717, 1.165) is 25.7 Å². The lowest BCUT2D eigenvalue weighted by Gasteiger charge is -2.57. The molecule has 164 valence electrons. The number of carbonyl (C=O) groups is 3. The topological polar surface area (TPSA) is 93.2 Å². The van der Waals surface area contributed by atoms with E-state index >= 15 is 0 Å². The number of rotatable bonds is 3. The molecule has 0 aromatic carbocycles. The monoisotopic (exact) mass is 416 g/mol. The predicted octanol–water partition coefficient (Wildman–Crippen LogP) is 2.76. The summed E-state index contributed by atoms with van der Waals surface area (Å²) in [6.07, 6.45) is 6.28. The Hall–Kier alpha value is -1.53. The van der Waals surface area contributed by atoms with E-state index in [1.807, 2.05) is 19.9 Å². The Labute approximate surface area is 177 Å². The molecule has 1 aliphatic heterocycles. The Kier molecular flexibility index (Phi) is 4.10. The summed E-state index contributed by atoms with van der Waals surface area (Å²) in [5.41, 5.74) is -1.28. The molecule has 5 rings (SSSR count). The average Bonchev–Trinajstić information content (AvgIpc) is 3.33. The van der Waals surface area contributed by atoms with Gasteiger partial charge in [-0.2, -0.15) is 0 Å². The Balaban J connectivity index is 1.49. The molecule has 30 heavy (non-hydrogen) atoms. The number of ketones is 2. The van der Waals surface area contributed by atoms with Gasteiger partial charge in [0.25, 0.3) is 0 Å². The Bertz CT molecular complexity index is 877. The van der Waals surface area contributed by atoms with E-state index in [0.29, 0.717) is 12.8 Å². The van der Waals surface area contributed by atoms with Gasteiger partial charge in [0.1, 0.15) is 11.2 Å². The molecule has 1 heterocycles. The molecule has 1 saturated heterocycles. The lowest BCUT2D eigenvalue weighted by molar-refractivity contribution is -0.166. The van der Waals surface area contributed by atoms with Crippen molar-refractivity contribution in [3.05, 3.63) is 11.6 Å². The first-order chi connectivity index (χ1) is 14.0. The molecule has 6 nitrogen and oxygen atoms in total. The van der Waals surface area contributed by atoms with Gasteiger partial charge in [0.05, 0.1) is 6.10 Å². The number of carbonyl (C=O) groups excluding carboxylic acids is 3. The highest BCUT2D eigenvalue weighted by Gasteiger charge is 2.81. The highest BCUT2D eigenvalue weighted by Crippen LogP contribution is 2.76. The molecule has 0 radical (unpaired) electrons. The number of epoxide rings is 1. The van der Waals surface area contributed by atoms with Crippen LogP contribution in [0, 0.1) is 28.6 Å². The van der Waals surface area contributed by atoms with Crippen LogP contribution in [0.5, 0.6) is 0 Å². The third kappa shape index (κ3) is 2.24. The molecule has 4 aliphatic carbocycles. The minimum atomic E-state index is -1.49. The second-order valence-corrected chi connectivity index (χ2v) is 10.9. The number of hydrogen-bond donors (Lipinski definition) is 1. The molecule has 0 aromatic heterocycles. The van der Waals surface area contributed by atoms with Crippen molar-refractivity contribution in [2.24, 2.45) is 28.6 Å². The molecule has 1 spiro atoms. The molecule has 5 aliphatic rings. The number of hydrogen-bond acceptors (Lipinski definition) is 6. The molecule has 0 amide bonds. The molecule has 1 N–H and O–H groups in total. The maximum Gasteiger partial charge on any atom is 0.303 e. The van der Waals surface area contributed by atoms with E-state index in [4.69, 9.17) is 9.47 Å². The zero-order valence-corrected chi connectivity index (χ0v) is 18.3. The molecule has 0 aromatic rings. The first-order valence-corrected chi connectivity index (χ1v) is 11.3. The van der Waals surface area contributed by atoms with Gasteiger partial charge in [-0.1, -0.05) is 26.3 Å². The van der Waals surface area contributed by atoms with Gasteiger partial charge >= 0.3 is 5.97 Å². The summed E-state index contributed by atoms with van der Waals surface area (Å²) < 4.78 is 11.5. The second-order valence-electron chi connectivity index (χ2n) is 10.9. The van der Waals surface area contributed by atoms with Crippen molar-refractivity contribution < 1.29 is 29.0 Å². The number of fused-ring (bicyclic) bond motifs is 3. The second kappa shape index (κ2) is 6.04. The van der Waals surface area contributed by atoms with Crippen molar-refractivity contribution in [3.63, 3.8) is 0 Å². The van der Waals surface area contributed by atoms with Crippen LogP contribution in [0.4, 0.5) is 0 Å². The number of Topliss-reactive ketones (excluding diaryl/α,β-unsaturated/α-hetero) is 1. The van der Waals surface area contributed by atoms with E-state index in [9.17, 15) is 19.5 Å². The van der Waals surface area contributed by atoms with Gasteiger partial charge in [-0.25, -0.2) is 0 Å². The summed E-state index contributed by atoms with van der Waals surface area (Å²) >= 11 is 0. The largest absolute Gasteiger partial charge is 0.458 e. The highest BCUT2D eigenvalue weighted by atomic mass is 16.6. The van der Waals surface area contributed by atoms with Crippen LogP contribution in [0.3, 0.4) is 0 Å². The number of esters is 1. The van der Waals surface area contributed by atoms with E-state index in [1.54, 1.807) is 0 Å². The zero-order chi connectivity index (χ0) is 21.7. The van der Waals surface area contributed by atoms with Crippen LogP contribution in [0.2, 0.25) is 0 Å². The lowest BCUT2D eigenvalue weighted by Crippen LogP contribution is -2.62. The van der Waals surface area contributed by atoms with Crippen LogP contribution in [-0.2, 0) is 23.9 Å². The van der Waals surface area contributed by atoms with Crippen LogP contribution in [-0.4, -0.2) is 46.6 Å². The third-order valence-corrected chi connectivity index (χ3v) is 9.66. The summed E-state index contributed by atoms with van der Waals surface area (Å²) in [4.78, 5) is 36.5. The molecule has 3 saturated carbocycles. The predicted molar refractivity (Wildman–Crippen MR) is 107 cm³/mol. The smallest absolute Gasteiger partial charge is 0.303 e. The molecule has 0 bridgehead atoms. The normalized spacial score (nSPS) is 51.1. The first kappa shape index (κ1) is 20.4. The Morgan fingerprint density at radius 2 is 1.97 bits per heavy atom. The van der Waals surface area contributed by atoms with E-state index < -0.39 is 22.8 Å². The van der Waals surface area contributed by atoms with Crippen molar-refractivity contribution in [2.75, 3.05) is 6.61 Å². The van der Waals surface area contributed by atoms with Gasteiger partial charge in [0.15, 0.2) is 12.4 Å². The molecule has 6 heteroatoms. The van der Waals surface area contributed by atoms with Crippen LogP contribution in [0.25, 0.3) is 0 Å². The summed E-state index contributed by atoms with van der Waals surface area (Å²) in [5.74, 6) is -0.249. The minimum absolute atomic E-state index is 0.00384. The molecule has 8 atom stereocenters. The standard InChI is InChI=1S/C24H32O6/c1-13-10-21(3)15(9-18(13)26)5-6-17-16-7-8-23(28,19(27)12-29-14(2)25)22(16,4)11-20-24(17,21)30-20/h9,13,16-17,20,28H,5-8,10-12H2,1-4H3/t13-,16?,17?,20?,21?,22?,23+,24?/m1/s1. The van der Waals surface area contributed by atoms with Gasteiger partial charge in [0, 0.05) is 23.7 Å². The first-order valence-electron chi connectivity index (χ1n) is 11.3. The van der Waals surface area contributed by atoms with E-state index in [2.05, 4.69) is 6.92 Å². The molecule has 6 unspecified atom stereocenters. The van der Waals surface area contributed by atoms with Gasteiger partial charge in [0.2, 0.25) is 5.78 Å². The van der Waals surface area contributed by atoms with E-state index in [1.165, 1.54) is 12.5 Å². The summed E-state index contributed by atoms with van der Waals surface area (Å²) in [5, 5.41) is 11.6. The fraction of sp³-hybridized carbons (Fsp3) is 0.792. The fourth-order valence-corrected chi connectivity index (χ4v) is 8.09.